The number of carbonyl (C=O) groups is 1. The molecule has 0 aliphatic rings. The fourth-order valence-electron chi connectivity index (χ4n) is 1.56. The predicted octanol–water partition coefficient (Wildman–Crippen LogP) is 2.58. The van der Waals surface area contributed by atoms with Gasteiger partial charge in [-0.2, -0.15) is 0 Å². The van der Waals surface area contributed by atoms with Crippen LogP contribution in [0.4, 0.5) is 0 Å². The first-order valence-electron chi connectivity index (χ1n) is 5.60. The largest absolute Gasteiger partial charge is 0.481 e. The fourth-order valence-corrected chi connectivity index (χ4v) is 1.56. The summed E-state index contributed by atoms with van der Waals surface area (Å²) in [5.74, 6) is -0.742. The van der Waals surface area contributed by atoms with Gasteiger partial charge in [0.2, 0.25) is 0 Å². The molecule has 0 aromatic heterocycles. The highest BCUT2D eigenvalue weighted by molar-refractivity contribution is 5.85. The van der Waals surface area contributed by atoms with Gasteiger partial charge >= 0.3 is 5.97 Å². The van der Waals surface area contributed by atoms with Crippen LogP contribution in [0.5, 0.6) is 0 Å². The first-order chi connectivity index (χ1) is 7.61. The lowest BCUT2D eigenvalue weighted by molar-refractivity contribution is -0.137. The van der Waals surface area contributed by atoms with Gasteiger partial charge in [0, 0.05) is 13.1 Å². The molecule has 17 heavy (non-hydrogen) atoms. The molecule has 4 heteroatoms. The number of benzene rings is 1. The third-order valence-electron chi connectivity index (χ3n) is 2.59. The SMILES string of the molecule is CCc1ccc(CN(C)CCC(=O)O)cc1.Cl. The van der Waals surface area contributed by atoms with E-state index in [1.807, 2.05) is 11.9 Å². The number of carboxylic acids is 1. The van der Waals surface area contributed by atoms with Crippen LogP contribution in [0.2, 0.25) is 0 Å². The van der Waals surface area contributed by atoms with Crippen LogP contribution in [0.15, 0.2) is 24.3 Å². The van der Waals surface area contributed by atoms with E-state index in [-0.39, 0.29) is 18.8 Å². The number of hydrogen-bond donors (Lipinski definition) is 1. The Balaban J connectivity index is 0.00000256. The minimum atomic E-state index is -0.742. The molecule has 0 aliphatic carbocycles. The smallest absolute Gasteiger partial charge is 0.304 e. The zero-order chi connectivity index (χ0) is 12.0. The van der Waals surface area contributed by atoms with Gasteiger partial charge in [0.1, 0.15) is 0 Å². The monoisotopic (exact) mass is 257 g/mol. The topological polar surface area (TPSA) is 40.5 Å². The van der Waals surface area contributed by atoms with E-state index in [0.29, 0.717) is 6.54 Å². The summed E-state index contributed by atoms with van der Waals surface area (Å²) in [4.78, 5) is 12.4. The van der Waals surface area contributed by atoms with Gasteiger partial charge in [0.15, 0.2) is 0 Å². The molecule has 0 amide bonds. The highest BCUT2D eigenvalue weighted by atomic mass is 35.5. The number of nitrogens with zero attached hydrogens (tertiary/aromatic N) is 1. The lowest BCUT2D eigenvalue weighted by atomic mass is 10.1. The van der Waals surface area contributed by atoms with Crippen molar-refractivity contribution in [3.8, 4) is 0 Å². The molecule has 0 spiro atoms. The summed E-state index contributed by atoms with van der Waals surface area (Å²) in [6.45, 7) is 3.52. The normalized spacial score (nSPS) is 10.1. The van der Waals surface area contributed by atoms with Crippen molar-refractivity contribution in [3.63, 3.8) is 0 Å². The molecule has 0 unspecified atom stereocenters. The predicted molar refractivity (Wildman–Crippen MR) is 71.7 cm³/mol. The Morgan fingerprint density at radius 3 is 2.24 bits per heavy atom. The van der Waals surface area contributed by atoms with E-state index in [4.69, 9.17) is 5.11 Å². The van der Waals surface area contributed by atoms with E-state index >= 15 is 0 Å². The number of carboxylic acid groups (broad SMARTS) is 1. The molecule has 1 aromatic rings. The molecule has 1 aromatic carbocycles. The highest BCUT2D eigenvalue weighted by Gasteiger charge is 2.03. The van der Waals surface area contributed by atoms with Crippen molar-refractivity contribution in [3.05, 3.63) is 35.4 Å². The van der Waals surface area contributed by atoms with Crippen LogP contribution in [-0.4, -0.2) is 29.6 Å². The van der Waals surface area contributed by atoms with Crippen LogP contribution in [-0.2, 0) is 17.8 Å². The van der Waals surface area contributed by atoms with Crippen LogP contribution in [0.3, 0.4) is 0 Å². The number of hydrogen-bond acceptors (Lipinski definition) is 2. The van der Waals surface area contributed by atoms with Crippen LogP contribution in [0.1, 0.15) is 24.5 Å². The Bertz CT molecular complexity index is 338. The summed E-state index contributed by atoms with van der Waals surface area (Å²) in [6, 6.07) is 8.47. The molecule has 0 bridgehead atoms. The Morgan fingerprint density at radius 1 is 1.24 bits per heavy atom. The standard InChI is InChI=1S/C13H19NO2.ClH/c1-3-11-4-6-12(7-5-11)10-14(2)9-8-13(15)16;/h4-7H,3,8-10H2,1-2H3,(H,15,16);1H. The van der Waals surface area contributed by atoms with Gasteiger partial charge in [-0.25, -0.2) is 0 Å². The zero-order valence-corrected chi connectivity index (χ0v) is 11.2. The van der Waals surface area contributed by atoms with E-state index in [1.54, 1.807) is 0 Å². The maximum atomic E-state index is 10.4. The molecule has 1 rings (SSSR count). The molecule has 96 valence electrons. The van der Waals surface area contributed by atoms with Gasteiger partial charge in [0.25, 0.3) is 0 Å². The minimum absolute atomic E-state index is 0. The van der Waals surface area contributed by atoms with Crippen LogP contribution < -0.4 is 0 Å². The van der Waals surface area contributed by atoms with Gasteiger partial charge < -0.3 is 10.0 Å². The summed E-state index contributed by atoms with van der Waals surface area (Å²) in [5, 5.41) is 8.57. The van der Waals surface area contributed by atoms with Crippen molar-refractivity contribution >= 4 is 18.4 Å². The molecule has 0 radical (unpaired) electrons. The number of rotatable bonds is 6. The zero-order valence-electron chi connectivity index (χ0n) is 10.3. The van der Waals surface area contributed by atoms with Crippen molar-refractivity contribution in [1.29, 1.82) is 0 Å². The molecule has 0 heterocycles. The fraction of sp³-hybridized carbons (Fsp3) is 0.462. The van der Waals surface area contributed by atoms with Crippen LogP contribution in [0, 0.1) is 0 Å². The Hall–Kier alpha value is -1.06. The van der Waals surface area contributed by atoms with E-state index in [2.05, 4.69) is 31.2 Å². The molecular formula is C13H20ClNO2. The van der Waals surface area contributed by atoms with Gasteiger partial charge in [0.05, 0.1) is 6.42 Å². The van der Waals surface area contributed by atoms with Crippen LogP contribution in [0.25, 0.3) is 0 Å². The minimum Gasteiger partial charge on any atom is -0.481 e. The summed E-state index contributed by atoms with van der Waals surface area (Å²) in [5.41, 5.74) is 2.56. The van der Waals surface area contributed by atoms with Crippen molar-refractivity contribution in [1.82, 2.24) is 4.90 Å². The molecular weight excluding hydrogens is 238 g/mol. The maximum Gasteiger partial charge on any atom is 0.304 e. The molecule has 0 saturated carbocycles. The van der Waals surface area contributed by atoms with Crippen molar-refractivity contribution in [2.45, 2.75) is 26.3 Å². The summed E-state index contributed by atoms with van der Waals surface area (Å²) in [6.07, 6.45) is 1.25. The third-order valence-corrected chi connectivity index (χ3v) is 2.59. The maximum absolute atomic E-state index is 10.4. The average Bonchev–Trinajstić information content (AvgIpc) is 2.27. The first kappa shape index (κ1) is 15.9. The van der Waals surface area contributed by atoms with E-state index in [0.717, 1.165) is 13.0 Å². The second kappa shape index (κ2) is 8.09. The number of aryl methyl sites for hydroxylation is 1. The lowest BCUT2D eigenvalue weighted by Crippen LogP contribution is -2.21. The van der Waals surface area contributed by atoms with Crippen molar-refractivity contribution in [2.24, 2.45) is 0 Å². The van der Waals surface area contributed by atoms with Crippen molar-refractivity contribution in [2.75, 3.05) is 13.6 Å². The quantitative estimate of drug-likeness (QED) is 0.852. The molecule has 0 saturated heterocycles. The summed E-state index contributed by atoms with van der Waals surface area (Å²) < 4.78 is 0. The average molecular weight is 258 g/mol. The second-order valence-corrected chi connectivity index (χ2v) is 4.05. The van der Waals surface area contributed by atoms with E-state index in [1.165, 1.54) is 11.1 Å². The lowest BCUT2D eigenvalue weighted by Gasteiger charge is -2.15. The highest BCUT2D eigenvalue weighted by Crippen LogP contribution is 2.07. The van der Waals surface area contributed by atoms with Gasteiger partial charge in [-0.1, -0.05) is 31.2 Å². The van der Waals surface area contributed by atoms with Crippen molar-refractivity contribution < 1.29 is 9.90 Å². The van der Waals surface area contributed by atoms with E-state index in [9.17, 15) is 4.79 Å². The summed E-state index contributed by atoms with van der Waals surface area (Å²) >= 11 is 0. The Morgan fingerprint density at radius 2 is 1.76 bits per heavy atom. The first-order valence-corrected chi connectivity index (χ1v) is 5.60. The molecule has 0 aliphatic heterocycles. The summed E-state index contributed by atoms with van der Waals surface area (Å²) in [7, 11) is 1.94. The third kappa shape index (κ3) is 6.29. The molecule has 1 N–H and O–H groups in total. The molecule has 0 fully saturated rings. The second-order valence-electron chi connectivity index (χ2n) is 4.05. The van der Waals surface area contributed by atoms with Crippen LogP contribution >= 0.6 is 12.4 Å². The van der Waals surface area contributed by atoms with E-state index < -0.39 is 5.97 Å². The Labute approximate surface area is 109 Å². The number of aliphatic carboxylic acids is 1. The van der Waals surface area contributed by atoms with Gasteiger partial charge in [-0.3, -0.25) is 4.79 Å². The van der Waals surface area contributed by atoms with Gasteiger partial charge in [-0.15, -0.1) is 12.4 Å². The molecule has 0 atom stereocenters. The molecule has 3 nitrogen and oxygen atoms in total. The Kier molecular flexibility index (Phi) is 7.59. The number of halogens is 1. The van der Waals surface area contributed by atoms with Gasteiger partial charge in [-0.05, 0) is 24.6 Å².